The monoisotopic (exact) mass is 376 g/mol. The van der Waals surface area contributed by atoms with Crippen molar-refractivity contribution < 1.29 is 4.79 Å². The summed E-state index contributed by atoms with van der Waals surface area (Å²) in [6.45, 7) is 8.42. The quantitative estimate of drug-likeness (QED) is 0.502. The van der Waals surface area contributed by atoms with Crippen LogP contribution in [-0.2, 0) is 5.41 Å². The summed E-state index contributed by atoms with van der Waals surface area (Å²) in [5, 5.41) is 4.30. The van der Waals surface area contributed by atoms with Gasteiger partial charge in [-0.25, -0.2) is 5.43 Å². The highest BCUT2D eigenvalue weighted by molar-refractivity contribution is 6.00. The third-order valence-corrected chi connectivity index (χ3v) is 5.74. The van der Waals surface area contributed by atoms with Crippen molar-refractivity contribution >= 4 is 11.6 Å². The number of carbonyl (C=O) groups excluding carboxylic acids is 1. The van der Waals surface area contributed by atoms with E-state index in [1.54, 1.807) is 0 Å². The van der Waals surface area contributed by atoms with Gasteiger partial charge in [-0.05, 0) is 59.9 Å². The molecule has 0 aromatic heterocycles. The molecule has 0 heterocycles. The minimum absolute atomic E-state index is 0.0769. The Hall–Kier alpha value is -2.42. The van der Waals surface area contributed by atoms with E-state index in [1.165, 1.54) is 43.2 Å². The van der Waals surface area contributed by atoms with Crippen molar-refractivity contribution in [2.75, 3.05) is 0 Å². The molecule has 1 aliphatic rings. The number of hydrogen-bond acceptors (Lipinski definition) is 2. The van der Waals surface area contributed by atoms with E-state index in [9.17, 15) is 4.79 Å². The molecular formula is C25H32N2O. The van der Waals surface area contributed by atoms with Crippen molar-refractivity contribution in [3.8, 4) is 0 Å². The third-order valence-electron chi connectivity index (χ3n) is 5.74. The molecule has 0 bridgehead atoms. The van der Waals surface area contributed by atoms with E-state index in [4.69, 9.17) is 0 Å². The lowest BCUT2D eigenvalue weighted by molar-refractivity contribution is 0.0955. The van der Waals surface area contributed by atoms with Gasteiger partial charge in [-0.2, -0.15) is 5.10 Å². The highest BCUT2D eigenvalue weighted by atomic mass is 16.2. The Balaban J connectivity index is 1.62. The summed E-state index contributed by atoms with van der Waals surface area (Å²) in [6, 6.07) is 16.4. The summed E-state index contributed by atoms with van der Waals surface area (Å²) >= 11 is 0. The SMILES string of the molecule is C/C(=N\NC(=O)c1ccc(C(C)(C)C)cc1)c1ccc(C2CCCCC2)cc1. The van der Waals surface area contributed by atoms with Gasteiger partial charge in [0.25, 0.3) is 5.91 Å². The van der Waals surface area contributed by atoms with E-state index < -0.39 is 0 Å². The fraction of sp³-hybridized carbons (Fsp3) is 0.440. The van der Waals surface area contributed by atoms with Crippen LogP contribution in [0.1, 0.15) is 92.8 Å². The van der Waals surface area contributed by atoms with Gasteiger partial charge in [0.15, 0.2) is 0 Å². The normalized spacial score (nSPS) is 16.1. The molecule has 3 rings (SSSR count). The second-order valence-electron chi connectivity index (χ2n) is 8.92. The minimum atomic E-state index is -0.182. The van der Waals surface area contributed by atoms with Crippen LogP contribution in [0.15, 0.2) is 53.6 Å². The Morgan fingerprint density at radius 3 is 2.04 bits per heavy atom. The predicted octanol–water partition coefficient (Wildman–Crippen LogP) is 6.19. The maximum absolute atomic E-state index is 12.4. The smallest absolute Gasteiger partial charge is 0.267 e. The number of carbonyl (C=O) groups is 1. The van der Waals surface area contributed by atoms with Gasteiger partial charge < -0.3 is 0 Å². The molecule has 0 atom stereocenters. The number of hydrogen-bond donors (Lipinski definition) is 1. The number of hydrazone groups is 1. The Labute approximate surface area is 169 Å². The molecule has 0 radical (unpaired) electrons. The Kier molecular flexibility index (Phi) is 6.33. The fourth-order valence-electron chi connectivity index (χ4n) is 3.82. The van der Waals surface area contributed by atoms with Crippen molar-refractivity contribution in [2.24, 2.45) is 5.10 Å². The highest BCUT2D eigenvalue weighted by Gasteiger charge is 2.16. The molecule has 2 aromatic rings. The first-order valence-electron chi connectivity index (χ1n) is 10.4. The summed E-state index contributed by atoms with van der Waals surface area (Å²) in [4.78, 5) is 12.4. The second-order valence-corrected chi connectivity index (χ2v) is 8.92. The van der Waals surface area contributed by atoms with Crippen LogP contribution in [0, 0.1) is 0 Å². The van der Waals surface area contributed by atoms with Crippen molar-refractivity contribution in [3.63, 3.8) is 0 Å². The summed E-state index contributed by atoms with van der Waals surface area (Å²) in [7, 11) is 0. The van der Waals surface area contributed by atoms with Crippen LogP contribution in [0.2, 0.25) is 0 Å². The molecule has 148 valence electrons. The molecule has 1 fully saturated rings. The molecule has 0 unspecified atom stereocenters. The van der Waals surface area contributed by atoms with Gasteiger partial charge in [-0.15, -0.1) is 0 Å². The molecule has 3 heteroatoms. The van der Waals surface area contributed by atoms with Crippen molar-refractivity contribution in [1.82, 2.24) is 5.43 Å². The number of benzene rings is 2. The fourth-order valence-corrected chi connectivity index (χ4v) is 3.82. The van der Waals surface area contributed by atoms with Gasteiger partial charge in [0.1, 0.15) is 0 Å². The van der Waals surface area contributed by atoms with Gasteiger partial charge >= 0.3 is 0 Å². The number of rotatable bonds is 4. The Morgan fingerprint density at radius 1 is 0.893 bits per heavy atom. The standard InChI is InChI=1S/C25H32N2O/c1-18(19-10-12-21(13-11-19)20-8-6-5-7-9-20)26-27-24(28)22-14-16-23(17-15-22)25(2,3)4/h10-17,20H,5-9H2,1-4H3,(H,27,28)/b26-18+. The van der Waals surface area contributed by atoms with Crippen LogP contribution in [0.4, 0.5) is 0 Å². The second kappa shape index (κ2) is 8.72. The Morgan fingerprint density at radius 2 is 1.46 bits per heavy atom. The largest absolute Gasteiger partial charge is 0.271 e. The van der Waals surface area contributed by atoms with E-state index >= 15 is 0 Å². The molecule has 3 nitrogen and oxygen atoms in total. The average Bonchev–Trinajstić information content (AvgIpc) is 2.72. The number of amides is 1. The van der Waals surface area contributed by atoms with Crippen molar-refractivity contribution in [1.29, 1.82) is 0 Å². The zero-order valence-corrected chi connectivity index (χ0v) is 17.6. The van der Waals surface area contributed by atoms with E-state index in [-0.39, 0.29) is 11.3 Å². The molecule has 0 saturated heterocycles. The van der Waals surface area contributed by atoms with Crippen LogP contribution in [-0.4, -0.2) is 11.6 Å². The number of nitrogens with zero attached hydrogens (tertiary/aromatic N) is 1. The Bertz CT molecular complexity index is 820. The molecule has 0 spiro atoms. The van der Waals surface area contributed by atoms with Gasteiger partial charge in [0.2, 0.25) is 0 Å². The summed E-state index contributed by atoms with van der Waals surface area (Å²) in [6.07, 6.45) is 6.66. The average molecular weight is 377 g/mol. The van der Waals surface area contributed by atoms with Crippen LogP contribution in [0.3, 0.4) is 0 Å². The summed E-state index contributed by atoms with van der Waals surface area (Å²) in [5.74, 6) is 0.523. The molecule has 1 aliphatic carbocycles. The van der Waals surface area contributed by atoms with Crippen molar-refractivity contribution in [2.45, 2.75) is 71.1 Å². The van der Waals surface area contributed by atoms with E-state index in [0.29, 0.717) is 11.5 Å². The van der Waals surface area contributed by atoms with Gasteiger partial charge in [0.05, 0.1) is 5.71 Å². The van der Waals surface area contributed by atoms with Crippen LogP contribution >= 0.6 is 0 Å². The zero-order chi connectivity index (χ0) is 20.1. The molecule has 2 aromatic carbocycles. The first kappa shape index (κ1) is 20.3. The molecule has 28 heavy (non-hydrogen) atoms. The van der Waals surface area contributed by atoms with Gasteiger partial charge in [0, 0.05) is 5.56 Å². The van der Waals surface area contributed by atoms with E-state index in [1.807, 2.05) is 31.2 Å². The predicted molar refractivity (Wildman–Crippen MR) is 117 cm³/mol. The van der Waals surface area contributed by atoms with E-state index in [0.717, 1.165) is 11.3 Å². The minimum Gasteiger partial charge on any atom is -0.267 e. The lowest BCUT2D eigenvalue weighted by Gasteiger charge is -2.22. The van der Waals surface area contributed by atoms with Gasteiger partial charge in [-0.3, -0.25) is 4.79 Å². The first-order valence-corrected chi connectivity index (χ1v) is 10.4. The summed E-state index contributed by atoms with van der Waals surface area (Å²) in [5.41, 5.74) is 7.88. The van der Waals surface area contributed by atoms with Crippen LogP contribution in [0.25, 0.3) is 0 Å². The molecule has 0 aliphatic heterocycles. The maximum Gasteiger partial charge on any atom is 0.271 e. The molecule has 1 N–H and O–H groups in total. The molecule has 1 amide bonds. The molecular weight excluding hydrogens is 344 g/mol. The highest BCUT2D eigenvalue weighted by Crippen LogP contribution is 2.32. The molecule has 1 saturated carbocycles. The van der Waals surface area contributed by atoms with E-state index in [2.05, 4.69) is 55.6 Å². The maximum atomic E-state index is 12.4. The first-order chi connectivity index (χ1) is 13.3. The number of nitrogens with one attached hydrogen (secondary N) is 1. The third kappa shape index (κ3) is 5.09. The van der Waals surface area contributed by atoms with Crippen LogP contribution < -0.4 is 5.43 Å². The van der Waals surface area contributed by atoms with Crippen LogP contribution in [0.5, 0.6) is 0 Å². The summed E-state index contributed by atoms with van der Waals surface area (Å²) < 4.78 is 0. The lowest BCUT2D eigenvalue weighted by atomic mass is 9.84. The topological polar surface area (TPSA) is 41.5 Å². The lowest BCUT2D eigenvalue weighted by Crippen LogP contribution is -2.20. The van der Waals surface area contributed by atoms with Gasteiger partial charge in [-0.1, -0.05) is 76.4 Å². The zero-order valence-electron chi connectivity index (χ0n) is 17.6. The van der Waals surface area contributed by atoms with Crippen molar-refractivity contribution in [3.05, 3.63) is 70.8 Å².